The Balaban J connectivity index is 1.34. The maximum absolute atomic E-state index is 13.0. The number of morpholine rings is 1. The maximum Gasteiger partial charge on any atom is 0.344 e. The van der Waals surface area contributed by atoms with Gasteiger partial charge in [-0.2, -0.15) is 5.01 Å². The zero-order valence-electron chi connectivity index (χ0n) is 19.0. The van der Waals surface area contributed by atoms with Crippen molar-refractivity contribution in [3.63, 3.8) is 0 Å². The lowest BCUT2D eigenvalue weighted by atomic mass is 9.93. The molecule has 2 N–H and O–H groups in total. The van der Waals surface area contributed by atoms with E-state index in [4.69, 9.17) is 4.74 Å². The molecule has 2 fully saturated rings. The number of aryl methyl sites for hydroxylation is 1. The predicted octanol–water partition coefficient (Wildman–Crippen LogP) is 2.42. The van der Waals surface area contributed by atoms with Gasteiger partial charge in [-0.1, -0.05) is 60.7 Å². The van der Waals surface area contributed by atoms with E-state index in [1.807, 2.05) is 72.5 Å². The van der Waals surface area contributed by atoms with Gasteiger partial charge in [-0.25, -0.2) is 4.79 Å². The van der Waals surface area contributed by atoms with Crippen molar-refractivity contribution >= 4 is 17.8 Å². The van der Waals surface area contributed by atoms with Crippen LogP contribution in [0.15, 0.2) is 60.7 Å². The summed E-state index contributed by atoms with van der Waals surface area (Å²) >= 11 is 0. The van der Waals surface area contributed by atoms with E-state index in [1.54, 1.807) is 6.92 Å². The van der Waals surface area contributed by atoms with E-state index in [0.717, 1.165) is 16.1 Å². The monoisotopic (exact) mass is 450 g/mol. The molecule has 2 aromatic rings. The van der Waals surface area contributed by atoms with Crippen molar-refractivity contribution in [2.75, 3.05) is 19.6 Å². The molecule has 3 atom stereocenters. The first-order valence-electron chi connectivity index (χ1n) is 11.3. The highest BCUT2D eigenvalue weighted by molar-refractivity contribution is 6.07. The Bertz CT molecular complexity index is 1000. The third kappa shape index (κ3) is 5.40. The van der Waals surface area contributed by atoms with Crippen molar-refractivity contribution in [2.24, 2.45) is 0 Å². The van der Waals surface area contributed by atoms with Crippen LogP contribution in [0.25, 0.3) is 0 Å². The van der Waals surface area contributed by atoms with Gasteiger partial charge in [-0.3, -0.25) is 19.9 Å². The van der Waals surface area contributed by atoms with Crippen LogP contribution >= 0.6 is 0 Å². The molecule has 174 valence electrons. The van der Waals surface area contributed by atoms with Crippen LogP contribution in [0.1, 0.15) is 37.5 Å². The number of urea groups is 1. The van der Waals surface area contributed by atoms with E-state index >= 15 is 0 Å². The van der Waals surface area contributed by atoms with E-state index in [2.05, 4.69) is 10.7 Å². The van der Waals surface area contributed by atoms with Gasteiger partial charge >= 0.3 is 6.03 Å². The van der Waals surface area contributed by atoms with Gasteiger partial charge in [0.25, 0.3) is 11.8 Å². The summed E-state index contributed by atoms with van der Waals surface area (Å²) in [6.45, 7) is 4.86. The Morgan fingerprint density at radius 3 is 2.45 bits per heavy atom. The SMILES string of the molecule is CC1CN(CC(=O)NN2C(=O)NC(C)(CCc3ccccc3)C2=O)CC(c2ccccc2)O1. The molecular weight excluding hydrogens is 420 g/mol. The first kappa shape index (κ1) is 22.9. The van der Waals surface area contributed by atoms with Crippen LogP contribution in [-0.4, -0.2) is 59.0 Å². The first-order valence-corrected chi connectivity index (χ1v) is 11.3. The van der Waals surface area contributed by atoms with Crippen molar-refractivity contribution < 1.29 is 19.1 Å². The molecule has 2 aliphatic rings. The van der Waals surface area contributed by atoms with Gasteiger partial charge in [0.05, 0.1) is 18.8 Å². The lowest BCUT2D eigenvalue weighted by molar-refractivity contribution is -0.140. The normalized spacial score (nSPS) is 25.7. The average Bonchev–Trinajstić information content (AvgIpc) is 3.02. The zero-order chi connectivity index (χ0) is 23.4. The number of nitrogens with zero attached hydrogens (tertiary/aromatic N) is 2. The highest BCUT2D eigenvalue weighted by Gasteiger charge is 2.48. The molecule has 2 saturated heterocycles. The smallest absolute Gasteiger partial charge is 0.344 e. The Kier molecular flexibility index (Phi) is 6.76. The summed E-state index contributed by atoms with van der Waals surface area (Å²) in [4.78, 5) is 40.2. The van der Waals surface area contributed by atoms with E-state index in [-0.39, 0.29) is 18.8 Å². The van der Waals surface area contributed by atoms with E-state index < -0.39 is 23.4 Å². The zero-order valence-corrected chi connectivity index (χ0v) is 19.0. The van der Waals surface area contributed by atoms with Gasteiger partial charge < -0.3 is 10.1 Å². The number of benzene rings is 2. The van der Waals surface area contributed by atoms with Crippen molar-refractivity contribution in [2.45, 2.75) is 44.4 Å². The summed E-state index contributed by atoms with van der Waals surface area (Å²) < 4.78 is 6.04. The number of amides is 4. The Labute approximate surface area is 193 Å². The van der Waals surface area contributed by atoms with Gasteiger partial charge in [0, 0.05) is 13.1 Å². The molecule has 33 heavy (non-hydrogen) atoms. The fourth-order valence-corrected chi connectivity index (χ4v) is 4.38. The molecule has 0 radical (unpaired) electrons. The van der Waals surface area contributed by atoms with Crippen molar-refractivity contribution in [3.8, 4) is 0 Å². The number of nitrogens with one attached hydrogen (secondary N) is 2. The fraction of sp³-hybridized carbons (Fsp3) is 0.400. The Morgan fingerprint density at radius 2 is 1.76 bits per heavy atom. The van der Waals surface area contributed by atoms with E-state index in [9.17, 15) is 14.4 Å². The molecular formula is C25H30N4O4. The van der Waals surface area contributed by atoms with Crippen LogP contribution in [0.5, 0.6) is 0 Å². The summed E-state index contributed by atoms with van der Waals surface area (Å²) in [5.74, 6) is -0.860. The van der Waals surface area contributed by atoms with Crippen molar-refractivity contribution in [1.29, 1.82) is 0 Å². The molecule has 0 bridgehead atoms. The number of carbonyl (C=O) groups excluding carboxylic acids is 3. The van der Waals surface area contributed by atoms with Crippen LogP contribution < -0.4 is 10.7 Å². The lowest BCUT2D eigenvalue weighted by Gasteiger charge is -2.36. The number of imide groups is 1. The molecule has 4 amide bonds. The molecule has 0 aromatic heterocycles. The largest absolute Gasteiger partial charge is 0.368 e. The van der Waals surface area contributed by atoms with E-state index in [1.165, 1.54) is 0 Å². The Morgan fingerprint density at radius 1 is 1.09 bits per heavy atom. The highest BCUT2D eigenvalue weighted by Crippen LogP contribution is 2.25. The molecule has 0 saturated carbocycles. The Hall–Kier alpha value is -3.23. The molecule has 2 aromatic carbocycles. The molecule has 2 aliphatic heterocycles. The first-order chi connectivity index (χ1) is 15.8. The average molecular weight is 451 g/mol. The molecule has 2 heterocycles. The van der Waals surface area contributed by atoms with Crippen LogP contribution in [0.4, 0.5) is 4.79 Å². The summed E-state index contributed by atoms with van der Waals surface area (Å²) in [5.41, 5.74) is 3.57. The lowest BCUT2D eigenvalue weighted by Crippen LogP contribution is -2.53. The number of ether oxygens (including phenoxy) is 1. The van der Waals surface area contributed by atoms with Crippen LogP contribution in [0.2, 0.25) is 0 Å². The van der Waals surface area contributed by atoms with Crippen LogP contribution in [-0.2, 0) is 20.7 Å². The summed E-state index contributed by atoms with van der Waals surface area (Å²) in [5, 5.41) is 3.55. The summed E-state index contributed by atoms with van der Waals surface area (Å²) in [6.07, 6.45) is 0.890. The number of hydrazine groups is 1. The summed E-state index contributed by atoms with van der Waals surface area (Å²) in [6, 6.07) is 19.0. The molecule has 0 spiro atoms. The second-order valence-corrected chi connectivity index (χ2v) is 8.96. The minimum atomic E-state index is -1.06. The second-order valence-electron chi connectivity index (χ2n) is 8.96. The number of rotatable bonds is 7. The van der Waals surface area contributed by atoms with Gasteiger partial charge in [-0.05, 0) is 37.8 Å². The molecule has 0 aliphatic carbocycles. The number of carbonyl (C=O) groups is 3. The summed E-state index contributed by atoms with van der Waals surface area (Å²) in [7, 11) is 0. The molecule has 8 heteroatoms. The molecule has 4 rings (SSSR count). The maximum atomic E-state index is 13.0. The predicted molar refractivity (Wildman–Crippen MR) is 123 cm³/mol. The van der Waals surface area contributed by atoms with Gasteiger partial charge in [0.15, 0.2) is 0 Å². The van der Waals surface area contributed by atoms with Gasteiger partial charge in [0.2, 0.25) is 0 Å². The van der Waals surface area contributed by atoms with Crippen LogP contribution in [0, 0.1) is 0 Å². The third-order valence-electron chi connectivity index (χ3n) is 6.13. The van der Waals surface area contributed by atoms with Crippen LogP contribution in [0.3, 0.4) is 0 Å². The fourth-order valence-electron chi connectivity index (χ4n) is 4.38. The van der Waals surface area contributed by atoms with Crippen molar-refractivity contribution in [3.05, 3.63) is 71.8 Å². The quantitative estimate of drug-likeness (QED) is 0.633. The van der Waals surface area contributed by atoms with Gasteiger partial charge in [0.1, 0.15) is 5.54 Å². The number of hydrogen-bond donors (Lipinski definition) is 2. The number of hydrogen-bond acceptors (Lipinski definition) is 5. The second kappa shape index (κ2) is 9.72. The highest BCUT2D eigenvalue weighted by atomic mass is 16.5. The standard InChI is InChI=1S/C25H30N4O4/c1-18-15-28(16-21(33-18)20-11-7-4-8-12-20)17-22(30)27-29-23(31)25(2,26-24(29)32)14-13-19-9-5-3-6-10-19/h3-12,18,21H,13-17H2,1-2H3,(H,26,32)(H,27,30). The minimum absolute atomic E-state index is 0.0465. The minimum Gasteiger partial charge on any atom is -0.368 e. The molecule has 8 nitrogen and oxygen atoms in total. The van der Waals surface area contributed by atoms with E-state index in [0.29, 0.717) is 25.9 Å². The topological polar surface area (TPSA) is 91.0 Å². The third-order valence-corrected chi connectivity index (χ3v) is 6.13. The molecule has 3 unspecified atom stereocenters. The van der Waals surface area contributed by atoms with Gasteiger partial charge in [-0.15, -0.1) is 0 Å². The van der Waals surface area contributed by atoms with Crippen molar-refractivity contribution in [1.82, 2.24) is 20.7 Å².